The first-order chi connectivity index (χ1) is 16.4. The van der Waals surface area contributed by atoms with Crippen LogP contribution in [0.1, 0.15) is 99.9 Å². The number of nitrogens with zero attached hydrogens (tertiary/aromatic N) is 2. The largest absolute Gasteiger partial charge is 0.366 e. The van der Waals surface area contributed by atoms with Gasteiger partial charge in [-0.3, -0.25) is 9.69 Å². The fourth-order valence-electron chi connectivity index (χ4n) is 6.45. The third-order valence-electron chi connectivity index (χ3n) is 8.63. The summed E-state index contributed by atoms with van der Waals surface area (Å²) >= 11 is 0. The summed E-state index contributed by atoms with van der Waals surface area (Å²) in [6.45, 7) is 6.89. The van der Waals surface area contributed by atoms with E-state index in [0.717, 1.165) is 38.9 Å². The minimum absolute atomic E-state index is 0.116. The molecule has 4 rings (SSSR count). The highest BCUT2D eigenvalue weighted by Gasteiger charge is 2.41. The van der Waals surface area contributed by atoms with Crippen molar-refractivity contribution in [1.29, 1.82) is 0 Å². The standard InChI is InChI=1S/C28H44N4O2/c1-3-20(2)30-28(34)31(19-21-8-5-4-6-9-21)14-15-32-25-12-13-26(32)18-24(17-25)22-10-7-11-23(16-22)27(29)33/h7,10-11,16,20-21,24-26H,3-6,8-9,12-15,17-19H2,1-2H3,(H2,29,33)(H,30,34)/t20?,24?,25-,26+. The molecule has 2 heterocycles. The normalized spacial score (nSPS) is 26.2. The highest BCUT2D eigenvalue weighted by atomic mass is 16.2. The highest BCUT2D eigenvalue weighted by Crippen LogP contribution is 2.43. The molecule has 1 saturated carbocycles. The van der Waals surface area contributed by atoms with Crippen LogP contribution in [0.4, 0.5) is 4.79 Å². The smallest absolute Gasteiger partial charge is 0.317 e. The number of carbonyl (C=O) groups excluding carboxylic acids is 2. The van der Waals surface area contributed by atoms with Gasteiger partial charge in [0.2, 0.25) is 5.91 Å². The molecule has 2 bridgehead atoms. The molecule has 0 aromatic heterocycles. The average Bonchev–Trinajstić information content (AvgIpc) is 3.08. The van der Waals surface area contributed by atoms with Crippen molar-refractivity contribution in [2.75, 3.05) is 19.6 Å². The molecule has 3 N–H and O–H groups in total. The third kappa shape index (κ3) is 6.12. The Balaban J connectivity index is 1.37. The van der Waals surface area contributed by atoms with E-state index in [1.165, 1.54) is 50.5 Å². The number of rotatable bonds is 9. The van der Waals surface area contributed by atoms with E-state index in [0.29, 0.717) is 29.5 Å². The van der Waals surface area contributed by atoms with Gasteiger partial charge in [-0.2, -0.15) is 0 Å². The Morgan fingerprint density at radius 3 is 2.47 bits per heavy atom. The number of hydrogen-bond donors (Lipinski definition) is 2. The van der Waals surface area contributed by atoms with Crippen LogP contribution in [0, 0.1) is 5.92 Å². The van der Waals surface area contributed by atoms with E-state index in [4.69, 9.17) is 5.73 Å². The first-order valence-electron chi connectivity index (χ1n) is 13.7. The minimum Gasteiger partial charge on any atom is -0.366 e. The summed E-state index contributed by atoms with van der Waals surface area (Å²) in [5, 5.41) is 3.22. The van der Waals surface area contributed by atoms with Crippen LogP contribution in [0.5, 0.6) is 0 Å². The quantitative estimate of drug-likeness (QED) is 0.542. The van der Waals surface area contributed by atoms with Gasteiger partial charge in [-0.1, -0.05) is 38.3 Å². The van der Waals surface area contributed by atoms with Crippen molar-refractivity contribution in [2.24, 2.45) is 11.7 Å². The number of carbonyl (C=O) groups is 2. The summed E-state index contributed by atoms with van der Waals surface area (Å²) < 4.78 is 0. The first kappa shape index (κ1) is 25.0. The number of hydrogen-bond acceptors (Lipinski definition) is 3. The van der Waals surface area contributed by atoms with Gasteiger partial charge in [-0.25, -0.2) is 4.79 Å². The topological polar surface area (TPSA) is 78.7 Å². The number of nitrogens with one attached hydrogen (secondary N) is 1. The van der Waals surface area contributed by atoms with E-state index in [2.05, 4.69) is 35.0 Å². The monoisotopic (exact) mass is 468 g/mol. The Hall–Kier alpha value is -2.08. The summed E-state index contributed by atoms with van der Waals surface area (Å²) in [7, 11) is 0. The lowest BCUT2D eigenvalue weighted by atomic mass is 9.84. The van der Waals surface area contributed by atoms with Gasteiger partial charge in [0.05, 0.1) is 0 Å². The Bertz CT molecular complexity index is 823. The third-order valence-corrected chi connectivity index (χ3v) is 8.63. The van der Waals surface area contributed by atoms with Gasteiger partial charge < -0.3 is 16.0 Å². The van der Waals surface area contributed by atoms with Gasteiger partial charge in [-0.15, -0.1) is 0 Å². The first-order valence-corrected chi connectivity index (χ1v) is 13.7. The molecule has 34 heavy (non-hydrogen) atoms. The summed E-state index contributed by atoms with van der Waals surface area (Å²) in [4.78, 5) is 29.6. The summed E-state index contributed by atoms with van der Waals surface area (Å²) in [6.07, 6.45) is 12.1. The number of benzene rings is 1. The second-order valence-electron chi connectivity index (χ2n) is 11.0. The molecule has 4 atom stereocenters. The molecule has 2 aliphatic heterocycles. The van der Waals surface area contributed by atoms with Crippen molar-refractivity contribution < 1.29 is 9.59 Å². The molecule has 188 valence electrons. The van der Waals surface area contributed by atoms with E-state index in [9.17, 15) is 9.59 Å². The number of fused-ring (bicyclic) bond motifs is 2. The minimum atomic E-state index is -0.351. The summed E-state index contributed by atoms with van der Waals surface area (Å²) in [6, 6.07) is 9.37. The predicted octanol–water partition coefficient (Wildman–Crippen LogP) is 4.89. The van der Waals surface area contributed by atoms with E-state index < -0.39 is 0 Å². The van der Waals surface area contributed by atoms with Gasteiger partial charge in [0, 0.05) is 43.3 Å². The molecular formula is C28H44N4O2. The van der Waals surface area contributed by atoms with E-state index in [1.807, 2.05) is 12.1 Å². The predicted molar refractivity (Wildman–Crippen MR) is 137 cm³/mol. The van der Waals surface area contributed by atoms with Crippen molar-refractivity contribution >= 4 is 11.9 Å². The van der Waals surface area contributed by atoms with Crippen molar-refractivity contribution in [3.05, 3.63) is 35.4 Å². The number of amides is 3. The zero-order valence-electron chi connectivity index (χ0n) is 21.2. The van der Waals surface area contributed by atoms with Crippen molar-refractivity contribution in [3.63, 3.8) is 0 Å². The maximum atomic E-state index is 13.1. The van der Waals surface area contributed by atoms with E-state index in [1.54, 1.807) is 6.07 Å². The molecular weight excluding hydrogens is 424 g/mol. The number of piperidine rings is 1. The number of nitrogens with two attached hydrogens (primary N) is 1. The average molecular weight is 469 g/mol. The molecule has 1 aromatic carbocycles. The summed E-state index contributed by atoms with van der Waals surface area (Å²) in [5.41, 5.74) is 7.37. The molecule has 2 unspecified atom stereocenters. The second kappa shape index (κ2) is 11.6. The zero-order valence-corrected chi connectivity index (χ0v) is 21.2. The molecule has 6 nitrogen and oxygen atoms in total. The zero-order chi connectivity index (χ0) is 24.1. The molecule has 0 radical (unpaired) electrons. The lowest BCUT2D eigenvalue weighted by molar-refractivity contribution is 0.0998. The lowest BCUT2D eigenvalue weighted by Crippen LogP contribution is -2.51. The molecule has 3 aliphatic rings. The Morgan fingerprint density at radius 1 is 1.12 bits per heavy atom. The van der Waals surface area contributed by atoms with Crippen molar-refractivity contribution in [1.82, 2.24) is 15.1 Å². The fourth-order valence-corrected chi connectivity index (χ4v) is 6.45. The van der Waals surface area contributed by atoms with Crippen LogP contribution in [0.2, 0.25) is 0 Å². The molecule has 1 aromatic rings. The highest BCUT2D eigenvalue weighted by molar-refractivity contribution is 5.92. The van der Waals surface area contributed by atoms with E-state index in [-0.39, 0.29) is 18.0 Å². The lowest BCUT2D eigenvalue weighted by Gasteiger charge is -2.40. The second-order valence-corrected chi connectivity index (χ2v) is 11.0. The van der Waals surface area contributed by atoms with Crippen LogP contribution in [0.3, 0.4) is 0 Å². The van der Waals surface area contributed by atoms with Crippen LogP contribution >= 0.6 is 0 Å². The Morgan fingerprint density at radius 2 is 1.82 bits per heavy atom. The molecule has 3 fully saturated rings. The number of primary amides is 1. The maximum absolute atomic E-state index is 13.1. The van der Waals surface area contributed by atoms with Crippen LogP contribution in [-0.4, -0.2) is 59.5 Å². The molecule has 3 amide bonds. The van der Waals surface area contributed by atoms with Crippen molar-refractivity contribution in [2.45, 2.75) is 102 Å². The van der Waals surface area contributed by atoms with Crippen molar-refractivity contribution in [3.8, 4) is 0 Å². The van der Waals surface area contributed by atoms with Crippen LogP contribution in [-0.2, 0) is 0 Å². The maximum Gasteiger partial charge on any atom is 0.317 e. The van der Waals surface area contributed by atoms with Crippen LogP contribution in [0.25, 0.3) is 0 Å². The fraction of sp³-hybridized carbons (Fsp3) is 0.714. The number of urea groups is 1. The molecule has 0 spiro atoms. The van der Waals surface area contributed by atoms with Gasteiger partial charge >= 0.3 is 6.03 Å². The van der Waals surface area contributed by atoms with Crippen LogP contribution in [0.15, 0.2) is 24.3 Å². The molecule has 2 saturated heterocycles. The Labute approximate surface area is 205 Å². The van der Waals surface area contributed by atoms with Gasteiger partial charge in [-0.05, 0) is 81.4 Å². The van der Waals surface area contributed by atoms with Crippen LogP contribution < -0.4 is 11.1 Å². The SMILES string of the molecule is CCC(C)NC(=O)N(CCN1[C@@H]2CC[C@H]1CC(c1cccc(C(N)=O)c1)C2)CC1CCCCC1. The van der Waals surface area contributed by atoms with Gasteiger partial charge in [0.25, 0.3) is 0 Å². The summed E-state index contributed by atoms with van der Waals surface area (Å²) in [5.74, 6) is 0.785. The van der Waals surface area contributed by atoms with Gasteiger partial charge in [0.15, 0.2) is 0 Å². The van der Waals surface area contributed by atoms with Gasteiger partial charge in [0.1, 0.15) is 0 Å². The molecule has 6 heteroatoms. The van der Waals surface area contributed by atoms with E-state index >= 15 is 0 Å². The molecule has 1 aliphatic carbocycles. The Kier molecular flexibility index (Phi) is 8.51.